The molecule has 0 saturated heterocycles. The summed E-state index contributed by atoms with van der Waals surface area (Å²) in [5, 5.41) is 3.34. The van der Waals surface area contributed by atoms with E-state index in [2.05, 4.69) is 36.5 Å². The van der Waals surface area contributed by atoms with Crippen molar-refractivity contribution in [2.24, 2.45) is 10.7 Å². The molecule has 2 rings (SSSR count). The molecule has 25 heavy (non-hydrogen) atoms. The third-order valence-corrected chi connectivity index (χ3v) is 4.83. The molecule has 0 amide bonds. The summed E-state index contributed by atoms with van der Waals surface area (Å²) in [5.41, 5.74) is 7.33. The van der Waals surface area contributed by atoms with Crippen LogP contribution in [0.4, 0.5) is 0 Å². The molecule has 0 bridgehead atoms. The summed E-state index contributed by atoms with van der Waals surface area (Å²) >= 11 is 0. The molecule has 1 heterocycles. The van der Waals surface area contributed by atoms with Crippen molar-refractivity contribution in [2.75, 3.05) is 6.61 Å². The number of unbranched alkanes of at least 4 members (excludes halogenated alkanes) is 1. The topological polar surface area (TPSA) is 59.6 Å². The van der Waals surface area contributed by atoms with Crippen molar-refractivity contribution in [3.63, 3.8) is 0 Å². The maximum Gasteiger partial charge on any atom is 0.189 e. The average Bonchev–Trinajstić information content (AvgIpc) is 2.64. The number of aliphatic imine (C=N–C) groups is 1. The van der Waals surface area contributed by atoms with E-state index in [1.165, 1.54) is 37.7 Å². The maximum atomic E-state index is 6.09. The first-order valence-corrected chi connectivity index (χ1v) is 9.95. The van der Waals surface area contributed by atoms with Gasteiger partial charge in [-0.15, -0.1) is 0 Å². The molecule has 3 N–H and O–H groups in total. The van der Waals surface area contributed by atoms with Crippen molar-refractivity contribution < 1.29 is 4.74 Å². The second-order valence-electron chi connectivity index (χ2n) is 7.24. The molecule has 0 aliphatic carbocycles. The van der Waals surface area contributed by atoms with E-state index in [1.807, 2.05) is 6.07 Å². The van der Waals surface area contributed by atoms with Crippen molar-refractivity contribution in [1.29, 1.82) is 0 Å². The number of nitrogens with two attached hydrogens (primary N) is 1. The molecule has 1 aliphatic rings. The van der Waals surface area contributed by atoms with Gasteiger partial charge in [0.05, 0.1) is 12.6 Å². The largest absolute Gasteiger partial charge is 0.377 e. The van der Waals surface area contributed by atoms with E-state index in [1.54, 1.807) is 0 Å². The number of nitrogens with one attached hydrogen (secondary N) is 1. The highest BCUT2D eigenvalue weighted by Gasteiger charge is 2.11. The molecule has 140 valence electrons. The lowest BCUT2D eigenvalue weighted by atomic mass is 10.0. The van der Waals surface area contributed by atoms with E-state index in [9.17, 15) is 0 Å². The highest BCUT2D eigenvalue weighted by Crippen LogP contribution is 2.16. The summed E-state index contributed by atoms with van der Waals surface area (Å²) in [7, 11) is 0. The zero-order chi connectivity index (χ0) is 17.7. The van der Waals surface area contributed by atoms with Crippen LogP contribution in [0.3, 0.4) is 0 Å². The van der Waals surface area contributed by atoms with Crippen LogP contribution >= 0.6 is 0 Å². The Labute approximate surface area is 153 Å². The van der Waals surface area contributed by atoms with Gasteiger partial charge in [0.2, 0.25) is 0 Å². The van der Waals surface area contributed by atoms with Gasteiger partial charge in [-0.25, -0.2) is 0 Å². The zero-order valence-corrected chi connectivity index (χ0v) is 15.8. The standard InChI is InChI=1S/C21H35N3O/c1-18-11-5-2-3-8-14-20(24-21(22)23-18)15-9-10-16-25-17-19-12-6-4-7-13-19/h4,6-7,12-13,18,20H,2-3,5,8-11,14-17H2,1H3,(H3,22,23,24)/t18-,20-/m1/s1. The minimum absolute atomic E-state index is 0.354. The van der Waals surface area contributed by atoms with E-state index < -0.39 is 0 Å². The van der Waals surface area contributed by atoms with Crippen molar-refractivity contribution in [3.05, 3.63) is 35.9 Å². The van der Waals surface area contributed by atoms with Gasteiger partial charge in [0.1, 0.15) is 0 Å². The summed E-state index contributed by atoms with van der Waals surface area (Å²) in [4.78, 5) is 4.74. The van der Waals surface area contributed by atoms with Crippen molar-refractivity contribution >= 4 is 5.96 Å². The maximum absolute atomic E-state index is 6.09. The minimum Gasteiger partial charge on any atom is -0.377 e. The predicted molar refractivity (Wildman–Crippen MR) is 106 cm³/mol. The van der Waals surface area contributed by atoms with Gasteiger partial charge in [-0.05, 0) is 44.6 Å². The number of ether oxygens (including phenoxy) is 1. The fraction of sp³-hybridized carbons (Fsp3) is 0.667. The number of benzene rings is 1. The molecule has 0 saturated carbocycles. The predicted octanol–water partition coefficient (Wildman–Crippen LogP) is 4.39. The Morgan fingerprint density at radius 3 is 2.64 bits per heavy atom. The molecule has 0 fully saturated rings. The zero-order valence-electron chi connectivity index (χ0n) is 15.8. The lowest BCUT2D eigenvalue weighted by Gasteiger charge is -2.16. The molecule has 0 unspecified atom stereocenters. The molecule has 4 nitrogen and oxygen atoms in total. The lowest BCUT2D eigenvalue weighted by molar-refractivity contribution is 0.116. The molecular formula is C21H35N3O. The SMILES string of the molecule is C[C@@H]1CCCCCC[C@H](CCCCOCc2ccccc2)N=C(N)N1. The van der Waals surface area contributed by atoms with Gasteiger partial charge in [-0.3, -0.25) is 4.99 Å². The van der Waals surface area contributed by atoms with Crippen LogP contribution in [0.2, 0.25) is 0 Å². The number of hydrogen-bond donors (Lipinski definition) is 2. The number of guanidine groups is 1. The van der Waals surface area contributed by atoms with Crippen molar-refractivity contribution in [2.45, 2.75) is 83.4 Å². The fourth-order valence-corrected chi connectivity index (χ4v) is 3.36. The summed E-state index contributed by atoms with van der Waals surface area (Å²) < 4.78 is 5.77. The third kappa shape index (κ3) is 8.92. The van der Waals surface area contributed by atoms with E-state index in [0.29, 0.717) is 24.7 Å². The minimum atomic E-state index is 0.354. The second kappa shape index (κ2) is 11.9. The summed E-state index contributed by atoms with van der Waals surface area (Å²) in [6, 6.07) is 11.1. The van der Waals surface area contributed by atoms with Crippen molar-refractivity contribution in [3.8, 4) is 0 Å². The molecule has 0 aromatic heterocycles. The Balaban J connectivity index is 1.66. The van der Waals surface area contributed by atoms with Crippen LogP contribution < -0.4 is 11.1 Å². The highest BCUT2D eigenvalue weighted by molar-refractivity contribution is 5.78. The normalized spacial score (nSPS) is 22.5. The lowest BCUT2D eigenvalue weighted by Crippen LogP contribution is -2.39. The molecule has 1 aromatic rings. The Hall–Kier alpha value is -1.55. The first kappa shape index (κ1) is 19.8. The van der Waals surface area contributed by atoms with Gasteiger partial charge in [0.25, 0.3) is 0 Å². The van der Waals surface area contributed by atoms with Gasteiger partial charge < -0.3 is 15.8 Å². The summed E-state index contributed by atoms with van der Waals surface area (Å²) in [6.45, 7) is 3.71. The van der Waals surface area contributed by atoms with Crippen LogP contribution in [0.25, 0.3) is 0 Å². The molecular weight excluding hydrogens is 310 g/mol. The van der Waals surface area contributed by atoms with Crippen LogP contribution in [0, 0.1) is 0 Å². The quantitative estimate of drug-likeness (QED) is 0.721. The van der Waals surface area contributed by atoms with Gasteiger partial charge in [0, 0.05) is 12.6 Å². The first-order chi connectivity index (χ1) is 12.2. The Morgan fingerprint density at radius 1 is 1.08 bits per heavy atom. The third-order valence-electron chi connectivity index (χ3n) is 4.83. The number of hydrogen-bond acceptors (Lipinski definition) is 4. The highest BCUT2D eigenvalue weighted by atomic mass is 16.5. The fourth-order valence-electron chi connectivity index (χ4n) is 3.36. The first-order valence-electron chi connectivity index (χ1n) is 9.95. The van der Waals surface area contributed by atoms with Crippen LogP contribution in [-0.4, -0.2) is 24.7 Å². The van der Waals surface area contributed by atoms with E-state index in [-0.39, 0.29) is 0 Å². The Bertz CT molecular complexity index is 489. The second-order valence-corrected chi connectivity index (χ2v) is 7.24. The van der Waals surface area contributed by atoms with Crippen LogP contribution in [0.1, 0.15) is 70.3 Å². The van der Waals surface area contributed by atoms with E-state index >= 15 is 0 Å². The number of nitrogens with zero attached hydrogens (tertiary/aromatic N) is 1. The molecule has 2 atom stereocenters. The van der Waals surface area contributed by atoms with Gasteiger partial charge in [-0.1, -0.05) is 56.0 Å². The molecule has 1 aliphatic heterocycles. The Morgan fingerprint density at radius 2 is 1.84 bits per heavy atom. The average molecular weight is 346 g/mol. The van der Waals surface area contributed by atoms with Crippen LogP contribution in [-0.2, 0) is 11.3 Å². The smallest absolute Gasteiger partial charge is 0.189 e. The van der Waals surface area contributed by atoms with Gasteiger partial charge in [-0.2, -0.15) is 0 Å². The molecule has 0 radical (unpaired) electrons. The Kier molecular flexibility index (Phi) is 9.42. The molecule has 4 heteroatoms. The molecule has 1 aromatic carbocycles. The van der Waals surface area contributed by atoms with E-state index in [0.717, 1.165) is 32.3 Å². The molecule has 0 spiro atoms. The van der Waals surface area contributed by atoms with Crippen LogP contribution in [0.5, 0.6) is 0 Å². The van der Waals surface area contributed by atoms with Crippen molar-refractivity contribution in [1.82, 2.24) is 5.32 Å². The number of rotatable bonds is 7. The van der Waals surface area contributed by atoms with Gasteiger partial charge >= 0.3 is 0 Å². The van der Waals surface area contributed by atoms with Crippen LogP contribution in [0.15, 0.2) is 35.3 Å². The summed E-state index contributed by atoms with van der Waals surface area (Å²) in [5.74, 6) is 0.625. The summed E-state index contributed by atoms with van der Waals surface area (Å²) in [6.07, 6.45) is 10.9. The van der Waals surface area contributed by atoms with E-state index in [4.69, 9.17) is 15.5 Å². The van der Waals surface area contributed by atoms with Gasteiger partial charge in [0.15, 0.2) is 5.96 Å². The monoisotopic (exact) mass is 345 g/mol.